The van der Waals surface area contributed by atoms with Gasteiger partial charge in [0.05, 0.1) is 17.3 Å². The summed E-state index contributed by atoms with van der Waals surface area (Å²) in [5, 5.41) is 3.76. The molecule has 4 nitrogen and oxygen atoms in total. The Morgan fingerprint density at radius 1 is 0.968 bits per heavy atom. The Morgan fingerprint density at radius 3 is 2.39 bits per heavy atom. The predicted octanol–water partition coefficient (Wildman–Crippen LogP) is 6.14. The highest BCUT2D eigenvalue weighted by molar-refractivity contribution is 6.33. The number of nitrogens with one attached hydrogen (secondary N) is 1. The number of hydrogen-bond acceptors (Lipinski definition) is 3. The number of amides is 1. The van der Waals surface area contributed by atoms with Crippen molar-refractivity contribution in [1.29, 1.82) is 0 Å². The molecule has 0 fully saturated rings. The molecule has 1 atom stereocenters. The summed E-state index contributed by atoms with van der Waals surface area (Å²) >= 11 is 6.23. The second kappa shape index (κ2) is 9.63. The van der Waals surface area contributed by atoms with Crippen molar-refractivity contribution in [3.63, 3.8) is 0 Å². The number of rotatable bonds is 7. The third-order valence-corrected chi connectivity index (χ3v) is 5.44. The molecule has 31 heavy (non-hydrogen) atoms. The van der Waals surface area contributed by atoms with Gasteiger partial charge in [0.25, 0.3) is 0 Å². The van der Waals surface area contributed by atoms with Gasteiger partial charge >= 0.3 is 0 Å². The summed E-state index contributed by atoms with van der Waals surface area (Å²) in [4.78, 5) is 17.1. The average molecular weight is 431 g/mol. The molecule has 4 rings (SSSR count). The molecule has 0 aliphatic rings. The lowest BCUT2D eigenvalue weighted by molar-refractivity contribution is -0.121. The molecule has 4 aromatic rings. The first-order valence-corrected chi connectivity index (χ1v) is 10.6. The number of aryl methyl sites for hydroxylation is 2. The van der Waals surface area contributed by atoms with Crippen LogP contribution in [0.4, 0.5) is 0 Å². The van der Waals surface area contributed by atoms with Gasteiger partial charge in [0.15, 0.2) is 11.7 Å². The van der Waals surface area contributed by atoms with Crippen molar-refractivity contribution in [2.45, 2.75) is 25.8 Å². The fourth-order valence-corrected chi connectivity index (χ4v) is 3.66. The molecule has 0 unspecified atom stereocenters. The number of hydrogen-bond donors (Lipinski definition) is 1. The summed E-state index contributed by atoms with van der Waals surface area (Å²) in [5.41, 5.74) is 4.05. The highest BCUT2D eigenvalue weighted by Crippen LogP contribution is 2.28. The first-order valence-electron chi connectivity index (χ1n) is 10.2. The van der Waals surface area contributed by atoms with Gasteiger partial charge < -0.3 is 9.73 Å². The summed E-state index contributed by atoms with van der Waals surface area (Å²) in [6.45, 7) is 2.05. The minimum Gasteiger partial charge on any atom is -0.441 e. The Bertz CT molecular complexity index is 1150. The highest BCUT2D eigenvalue weighted by atomic mass is 35.5. The molecule has 1 aromatic heterocycles. The largest absolute Gasteiger partial charge is 0.441 e. The van der Waals surface area contributed by atoms with Gasteiger partial charge in [-0.15, -0.1) is 0 Å². The van der Waals surface area contributed by atoms with E-state index < -0.39 is 0 Å². The first kappa shape index (κ1) is 20.9. The van der Waals surface area contributed by atoms with E-state index in [1.165, 1.54) is 5.56 Å². The van der Waals surface area contributed by atoms with Gasteiger partial charge in [-0.3, -0.25) is 4.79 Å². The SMILES string of the molecule is Cc1ccc([C@H](NC(=O)CCc2ncc(-c3ccccc3Cl)o2)c2ccccc2)cc1. The molecule has 1 heterocycles. The lowest BCUT2D eigenvalue weighted by Crippen LogP contribution is -2.29. The van der Waals surface area contributed by atoms with Crippen LogP contribution in [0.2, 0.25) is 5.02 Å². The topological polar surface area (TPSA) is 55.1 Å². The number of halogens is 1. The van der Waals surface area contributed by atoms with E-state index in [9.17, 15) is 4.79 Å². The number of benzene rings is 3. The van der Waals surface area contributed by atoms with Crippen LogP contribution in [-0.2, 0) is 11.2 Å². The van der Waals surface area contributed by atoms with Crippen molar-refractivity contribution < 1.29 is 9.21 Å². The number of carbonyl (C=O) groups is 1. The highest BCUT2D eigenvalue weighted by Gasteiger charge is 2.17. The molecule has 0 saturated heterocycles. The molecule has 156 valence electrons. The van der Waals surface area contributed by atoms with Gasteiger partial charge in [-0.05, 0) is 30.2 Å². The van der Waals surface area contributed by atoms with Crippen LogP contribution in [0.1, 0.15) is 35.0 Å². The standard InChI is InChI=1S/C26H23ClN2O2/c1-18-11-13-20(14-12-18)26(19-7-3-2-4-8-19)29-24(30)15-16-25-28-17-23(31-25)21-9-5-6-10-22(21)27/h2-14,17,26H,15-16H2,1H3,(H,29,30)/t26-/m1/s1. The van der Waals surface area contributed by atoms with Gasteiger partial charge in [0.1, 0.15) is 0 Å². The normalized spacial score (nSPS) is 11.8. The molecule has 0 aliphatic carbocycles. The Morgan fingerprint density at radius 2 is 1.65 bits per heavy atom. The summed E-state index contributed by atoms with van der Waals surface area (Å²) in [7, 11) is 0. The van der Waals surface area contributed by atoms with Crippen LogP contribution >= 0.6 is 11.6 Å². The molecular weight excluding hydrogens is 408 g/mol. The third-order valence-electron chi connectivity index (χ3n) is 5.11. The molecular formula is C26H23ClN2O2. The van der Waals surface area contributed by atoms with Crippen molar-refractivity contribution in [3.05, 3.63) is 113 Å². The van der Waals surface area contributed by atoms with E-state index in [4.69, 9.17) is 16.0 Å². The second-order valence-electron chi connectivity index (χ2n) is 7.42. The van der Waals surface area contributed by atoms with Crippen molar-refractivity contribution in [3.8, 4) is 11.3 Å². The maximum Gasteiger partial charge on any atom is 0.221 e. The van der Waals surface area contributed by atoms with Crippen LogP contribution in [0.3, 0.4) is 0 Å². The minimum atomic E-state index is -0.211. The second-order valence-corrected chi connectivity index (χ2v) is 7.83. The Balaban J connectivity index is 1.44. The average Bonchev–Trinajstić information content (AvgIpc) is 3.26. The van der Waals surface area contributed by atoms with E-state index in [2.05, 4.69) is 34.6 Å². The van der Waals surface area contributed by atoms with Crippen molar-refractivity contribution in [1.82, 2.24) is 10.3 Å². The Hall–Kier alpha value is -3.37. The van der Waals surface area contributed by atoms with E-state index in [-0.39, 0.29) is 18.4 Å². The van der Waals surface area contributed by atoms with Crippen LogP contribution in [0.5, 0.6) is 0 Å². The van der Waals surface area contributed by atoms with Gasteiger partial charge in [0, 0.05) is 18.4 Å². The lowest BCUT2D eigenvalue weighted by Gasteiger charge is -2.20. The van der Waals surface area contributed by atoms with E-state index in [0.29, 0.717) is 23.1 Å². The fraction of sp³-hybridized carbons (Fsp3) is 0.154. The maximum absolute atomic E-state index is 12.8. The van der Waals surface area contributed by atoms with Crippen LogP contribution in [0.15, 0.2) is 89.5 Å². The van der Waals surface area contributed by atoms with Gasteiger partial charge in [-0.1, -0.05) is 83.9 Å². The summed E-state index contributed by atoms with van der Waals surface area (Å²) in [6, 6.07) is 25.4. The molecule has 0 radical (unpaired) electrons. The molecule has 0 spiro atoms. The lowest BCUT2D eigenvalue weighted by atomic mass is 9.97. The van der Waals surface area contributed by atoms with Crippen LogP contribution < -0.4 is 5.32 Å². The molecule has 0 bridgehead atoms. The summed E-state index contributed by atoms with van der Waals surface area (Å²) in [5.74, 6) is 1.05. The number of nitrogens with zero attached hydrogens (tertiary/aromatic N) is 1. The number of oxazole rings is 1. The van der Waals surface area contributed by atoms with E-state index in [0.717, 1.165) is 16.7 Å². The fourth-order valence-electron chi connectivity index (χ4n) is 3.43. The van der Waals surface area contributed by atoms with E-state index in [1.807, 2.05) is 55.5 Å². The number of carbonyl (C=O) groups excluding carboxylic acids is 1. The van der Waals surface area contributed by atoms with Gasteiger partial charge in [-0.25, -0.2) is 4.98 Å². The van der Waals surface area contributed by atoms with Crippen LogP contribution in [0.25, 0.3) is 11.3 Å². The zero-order valence-electron chi connectivity index (χ0n) is 17.2. The zero-order chi connectivity index (χ0) is 21.6. The molecule has 0 aliphatic heterocycles. The first-order chi connectivity index (χ1) is 15.1. The molecule has 1 N–H and O–H groups in total. The Kier molecular flexibility index (Phi) is 6.48. The van der Waals surface area contributed by atoms with E-state index >= 15 is 0 Å². The molecule has 3 aromatic carbocycles. The number of aromatic nitrogens is 1. The summed E-state index contributed by atoms with van der Waals surface area (Å²) in [6.07, 6.45) is 2.33. The van der Waals surface area contributed by atoms with Gasteiger partial charge in [0.2, 0.25) is 5.91 Å². The van der Waals surface area contributed by atoms with Crippen LogP contribution in [-0.4, -0.2) is 10.9 Å². The van der Waals surface area contributed by atoms with Crippen molar-refractivity contribution in [2.24, 2.45) is 0 Å². The monoisotopic (exact) mass is 430 g/mol. The third kappa shape index (κ3) is 5.22. The Labute approximate surface area is 186 Å². The van der Waals surface area contributed by atoms with Crippen molar-refractivity contribution >= 4 is 17.5 Å². The molecule has 0 saturated carbocycles. The zero-order valence-corrected chi connectivity index (χ0v) is 18.0. The molecule has 5 heteroatoms. The minimum absolute atomic E-state index is 0.0630. The molecule has 1 amide bonds. The van der Waals surface area contributed by atoms with E-state index in [1.54, 1.807) is 12.3 Å². The quantitative estimate of drug-likeness (QED) is 0.383. The summed E-state index contributed by atoms with van der Waals surface area (Å²) < 4.78 is 5.81. The maximum atomic E-state index is 12.8. The van der Waals surface area contributed by atoms with Crippen LogP contribution in [0, 0.1) is 6.92 Å². The smallest absolute Gasteiger partial charge is 0.221 e. The predicted molar refractivity (Wildman–Crippen MR) is 123 cm³/mol. The van der Waals surface area contributed by atoms with Crippen molar-refractivity contribution in [2.75, 3.05) is 0 Å². The van der Waals surface area contributed by atoms with Gasteiger partial charge in [-0.2, -0.15) is 0 Å².